The molecule has 0 aromatic heterocycles. The van der Waals surface area contributed by atoms with Crippen molar-refractivity contribution in [1.82, 2.24) is 5.32 Å². The number of nitrogens with one attached hydrogen (secondary N) is 1. The van der Waals surface area contributed by atoms with E-state index in [1.807, 2.05) is 18.2 Å². The molecule has 3 rings (SSSR count). The summed E-state index contributed by atoms with van der Waals surface area (Å²) in [5, 5.41) is 23.4. The molecule has 0 bridgehead atoms. The van der Waals surface area contributed by atoms with Crippen LogP contribution in [-0.4, -0.2) is 22.0 Å². The minimum Gasteiger partial charge on any atom is -0.508 e. The standard InChI is InChI=1S/C17H16N2O4/c20-14-7-8-16(19(22)23)15(10-14)17(21)18-13-6-5-11-3-1-2-4-12(11)9-13/h1-4,7-8,10,13,20H,5-6,9H2,(H,18,21). The highest BCUT2D eigenvalue weighted by Gasteiger charge is 2.25. The number of carbonyl (C=O) groups excluding carboxylic acids is 1. The lowest BCUT2D eigenvalue weighted by Gasteiger charge is -2.25. The summed E-state index contributed by atoms with van der Waals surface area (Å²) < 4.78 is 0. The van der Waals surface area contributed by atoms with Gasteiger partial charge >= 0.3 is 0 Å². The van der Waals surface area contributed by atoms with Crippen LogP contribution in [0.25, 0.3) is 0 Å². The number of rotatable bonds is 3. The lowest BCUT2D eigenvalue weighted by atomic mass is 9.88. The van der Waals surface area contributed by atoms with Gasteiger partial charge in [-0.05, 0) is 42.5 Å². The molecule has 2 N–H and O–H groups in total. The number of aromatic hydroxyl groups is 1. The Morgan fingerprint density at radius 1 is 1.22 bits per heavy atom. The summed E-state index contributed by atoms with van der Waals surface area (Å²) in [5.41, 5.74) is 2.04. The van der Waals surface area contributed by atoms with Gasteiger partial charge in [0.2, 0.25) is 0 Å². The third kappa shape index (κ3) is 3.15. The highest BCUT2D eigenvalue weighted by molar-refractivity contribution is 5.98. The normalized spacial score (nSPS) is 16.4. The maximum Gasteiger partial charge on any atom is 0.282 e. The molecule has 0 fully saturated rings. The van der Waals surface area contributed by atoms with Crippen LogP contribution in [0.2, 0.25) is 0 Å². The van der Waals surface area contributed by atoms with E-state index in [4.69, 9.17) is 0 Å². The van der Waals surface area contributed by atoms with Crippen molar-refractivity contribution in [3.63, 3.8) is 0 Å². The highest BCUT2D eigenvalue weighted by atomic mass is 16.6. The van der Waals surface area contributed by atoms with Gasteiger partial charge in [0.25, 0.3) is 11.6 Å². The summed E-state index contributed by atoms with van der Waals surface area (Å²) in [4.78, 5) is 22.8. The number of benzene rings is 2. The third-order valence-corrected chi connectivity index (χ3v) is 4.10. The van der Waals surface area contributed by atoms with Crippen LogP contribution in [0.3, 0.4) is 0 Å². The van der Waals surface area contributed by atoms with Gasteiger partial charge in [0.1, 0.15) is 11.3 Å². The quantitative estimate of drug-likeness (QED) is 0.673. The minimum absolute atomic E-state index is 0.0700. The van der Waals surface area contributed by atoms with Gasteiger partial charge in [-0.25, -0.2) is 0 Å². The van der Waals surface area contributed by atoms with Crippen molar-refractivity contribution in [3.05, 3.63) is 69.3 Å². The zero-order valence-electron chi connectivity index (χ0n) is 12.4. The Labute approximate surface area is 132 Å². The molecule has 1 unspecified atom stereocenters. The fourth-order valence-electron chi connectivity index (χ4n) is 2.95. The summed E-state index contributed by atoms with van der Waals surface area (Å²) >= 11 is 0. The molecule has 0 radical (unpaired) electrons. The largest absolute Gasteiger partial charge is 0.508 e. The first-order valence-corrected chi connectivity index (χ1v) is 7.39. The summed E-state index contributed by atoms with van der Waals surface area (Å²) in [6.07, 6.45) is 2.35. The van der Waals surface area contributed by atoms with Gasteiger partial charge in [-0.15, -0.1) is 0 Å². The van der Waals surface area contributed by atoms with E-state index in [0.29, 0.717) is 6.42 Å². The highest BCUT2D eigenvalue weighted by Crippen LogP contribution is 2.25. The van der Waals surface area contributed by atoms with E-state index in [0.717, 1.165) is 25.0 Å². The summed E-state index contributed by atoms with van der Waals surface area (Å²) in [6.45, 7) is 0. The average Bonchev–Trinajstić information content (AvgIpc) is 2.54. The smallest absolute Gasteiger partial charge is 0.282 e. The van der Waals surface area contributed by atoms with E-state index < -0.39 is 10.8 Å². The molecule has 2 aromatic rings. The number of nitrogens with zero attached hydrogens (tertiary/aromatic N) is 1. The van der Waals surface area contributed by atoms with Gasteiger partial charge in [0.15, 0.2) is 0 Å². The number of carbonyl (C=O) groups is 1. The van der Waals surface area contributed by atoms with E-state index in [-0.39, 0.29) is 23.0 Å². The molecule has 1 aliphatic rings. The van der Waals surface area contributed by atoms with Crippen molar-refractivity contribution in [1.29, 1.82) is 0 Å². The molecule has 23 heavy (non-hydrogen) atoms. The summed E-state index contributed by atoms with van der Waals surface area (Å²) in [7, 11) is 0. The topological polar surface area (TPSA) is 92.5 Å². The maximum atomic E-state index is 12.4. The van der Waals surface area contributed by atoms with Crippen LogP contribution in [0, 0.1) is 10.1 Å². The Balaban J connectivity index is 1.78. The number of phenols is 1. The molecule has 6 nitrogen and oxygen atoms in total. The number of phenolic OH excluding ortho intramolecular Hbond substituents is 1. The Morgan fingerprint density at radius 3 is 2.70 bits per heavy atom. The number of hydrogen-bond donors (Lipinski definition) is 2. The van der Waals surface area contributed by atoms with Crippen molar-refractivity contribution in [3.8, 4) is 5.75 Å². The van der Waals surface area contributed by atoms with Crippen LogP contribution in [0.1, 0.15) is 27.9 Å². The second-order valence-electron chi connectivity index (χ2n) is 5.64. The molecule has 0 saturated carbocycles. The second kappa shape index (κ2) is 6.08. The van der Waals surface area contributed by atoms with Crippen molar-refractivity contribution in [2.24, 2.45) is 0 Å². The molecule has 2 aromatic carbocycles. The Bertz CT molecular complexity index is 773. The van der Waals surface area contributed by atoms with Gasteiger partial charge < -0.3 is 10.4 Å². The van der Waals surface area contributed by atoms with Crippen LogP contribution in [-0.2, 0) is 12.8 Å². The van der Waals surface area contributed by atoms with Crippen molar-refractivity contribution < 1.29 is 14.8 Å². The molecule has 0 saturated heterocycles. The average molecular weight is 312 g/mol. The van der Waals surface area contributed by atoms with Gasteiger partial charge in [-0.1, -0.05) is 24.3 Å². The van der Waals surface area contributed by atoms with Crippen molar-refractivity contribution >= 4 is 11.6 Å². The van der Waals surface area contributed by atoms with Crippen molar-refractivity contribution in [2.75, 3.05) is 0 Å². The van der Waals surface area contributed by atoms with E-state index in [1.165, 1.54) is 17.2 Å². The van der Waals surface area contributed by atoms with Gasteiger partial charge in [0, 0.05) is 12.1 Å². The molecule has 0 aliphatic heterocycles. The fourth-order valence-corrected chi connectivity index (χ4v) is 2.95. The second-order valence-corrected chi connectivity index (χ2v) is 5.64. The first-order valence-electron chi connectivity index (χ1n) is 7.39. The fraction of sp³-hybridized carbons (Fsp3) is 0.235. The number of fused-ring (bicyclic) bond motifs is 1. The van der Waals surface area contributed by atoms with E-state index in [1.54, 1.807) is 0 Å². The minimum atomic E-state index is -0.621. The molecule has 6 heteroatoms. The SMILES string of the molecule is O=C(NC1CCc2ccccc2C1)c1cc(O)ccc1[N+](=O)[O-]. The lowest BCUT2D eigenvalue weighted by Crippen LogP contribution is -2.39. The van der Waals surface area contributed by atoms with Crippen LogP contribution >= 0.6 is 0 Å². The predicted octanol–water partition coefficient (Wildman–Crippen LogP) is 2.59. The predicted molar refractivity (Wildman–Crippen MR) is 84.5 cm³/mol. The lowest BCUT2D eigenvalue weighted by molar-refractivity contribution is -0.385. The number of nitro benzene ring substituents is 1. The van der Waals surface area contributed by atoms with Crippen LogP contribution in [0.15, 0.2) is 42.5 Å². The Morgan fingerprint density at radius 2 is 1.96 bits per heavy atom. The monoisotopic (exact) mass is 312 g/mol. The van der Waals surface area contributed by atoms with Gasteiger partial charge in [0.05, 0.1) is 4.92 Å². The first-order chi connectivity index (χ1) is 11.0. The number of amides is 1. The van der Waals surface area contributed by atoms with E-state index in [2.05, 4.69) is 11.4 Å². The van der Waals surface area contributed by atoms with Gasteiger partial charge in [-0.3, -0.25) is 14.9 Å². The zero-order chi connectivity index (χ0) is 16.4. The van der Waals surface area contributed by atoms with Crippen LogP contribution < -0.4 is 5.32 Å². The molecule has 0 spiro atoms. The maximum absolute atomic E-state index is 12.4. The summed E-state index contributed by atoms with van der Waals surface area (Å²) in [6, 6.07) is 11.5. The first kappa shape index (κ1) is 15.0. The van der Waals surface area contributed by atoms with E-state index in [9.17, 15) is 20.0 Å². The molecular formula is C17H16N2O4. The number of aryl methyl sites for hydroxylation is 1. The molecule has 0 heterocycles. The number of hydrogen-bond acceptors (Lipinski definition) is 4. The van der Waals surface area contributed by atoms with Crippen LogP contribution in [0.5, 0.6) is 5.75 Å². The molecule has 1 atom stereocenters. The van der Waals surface area contributed by atoms with E-state index >= 15 is 0 Å². The molecule has 118 valence electrons. The summed E-state index contributed by atoms with van der Waals surface area (Å²) in [5.74, 6) is -0.702. The zero-order valence-corrected chi connectivity index (χ0v) is 12.4. The molecular weight excluding hydrogens is 296 g/mol. The van der Waals surface area contributed by atoms with Crippen LogP contribution in [0.4, 0.5) is 5.69 Å². The van der Waals surface area contributed by atoms with Crippen molar-refractivity contribution in [2.45, 2.75) is 25.3 Å². The Hall–Kier alpha value is -2.89. The Kier molecular flexibility index (Phi) is 3.97. The number of nitro groups is 1. The third-order valence-electron chi connectivity index (χ3n) is 4.10. The molecule has 1 aliphatic carbocycles. The van der Waals surface area contributed by atoms with Gasteiger partial charge in [-0.2, -0.15) is 0 Å². The molecule has 1 amide bonds.